The quantitative estimate of drug-likeness (QED) is 0.791. The zero-order valence-electron chi connectivity index (χ0n) is 15.0. The van der Waals surface area contributed by atoms with Crippen LogP contribution in [0.3, 0.4) is 0 Å². The van der Waals surface area contributed by atoms with Crippen LogP contribution in [-0.4, -0.2) is 43.8 Å². The van der Waals surface area contributed by atoms with E-state index in [1.54, 1.807) is 12.1 Å². The van der Waals surface area contributed by atoms with E-state index < -0.39 is 10.0 Å². The molecular formula is C20H22FN3O2S. The lowest BCUT2D eigenvalue weighted by atomic mass is 10.1. The Morgan fingerprint density at radius 1 is 0.926 bits per heavy atom. The third kappa shape index (κ3) is 5.36. The van der Waals surface area contributed by atoms with Gasteiger partial charge < -0.3 is 0 Å². The van der Waals surface area contributed by atoms with Crippen LogP contribution in [0.25, 0.3) is 0 Å². The lowest BCUT2D eigenvalue weighted by Gasteiger charge is -2.22. The van der Waals surface area contributed by atoms with Gasteiger partial charge in [-0.05, 0) is 48.4 Å². The molecule has 0 bridgehead atoms. The van der Waals surface area contributed by atoms with Gasteiger partial charge in [0.2, 0.25) is 10.0 Å². The van der Waals surface area contributed by atoms with Crippen molar-refractivity contribution >= 4 is 10.0 Å². The first-order chi connectivity index (χ1) is 13.0. The number of hydrogen-bond acceptors (Lipinski definition) is 4. The average Bonchev–Trinajstić information content (AvgIpc) is 2.90. The Balaban J connectivity index is 1.59. The summed E-state index contributed by atoms with van der Waals surface area (Å²) in [7, 11) is -3.43. The van der Waals surface area contributed by atoms with E-state index in [9.17, 15) is 12.8 Å². The molecule has 2 aromatic carbocycles. The van der Waals surface area contributed by atoms with Gasteiger partial charge in [0, 0.05) is 26.2 Å². The second-order valence-electron chi connectivity index (χ2n) is 6.72. The molecule has 1 fully saturated rings. The third-order valence-corrected chi connectivity index (χ3v) is 6.54. The summed E-state index contributed by atoms with van der Waals surface area (Å²) in [4.78, 5) is 2.23. The fraction of sp³-hybridized carbons (Fsp3) is 0.350. The highest BCUT2D eigenvalue weighted by atomic mass is 32.2. The molecule has 1 heterocycles. The molecule has 0 atom stereocenters. The van der Waals surface area contributed by atoms with E-state index in [1.807, 2.05) is 12.1 Å². The van der Waals surface area contributed by atoms with Crippen LogP contribution in [0.5, 0.6) is 0 Å². The van der Waals surface area contributed by atoms with Crippen molar-refractivity contribution in [3.05, 3.63) is 71.0 Å². The van der Waals surface area contributed by atoms with E-state index in [4.69, 9.17) is 5.26 Å². The summed E-state index contributed by atoms with van der Waals surface area (Å²) in [5.41, 5.74) is 2.33. The van der Waals surface area contributed by atoms with Gasteiger partial charge in [-0.2, -0.15) is 5.26 Å². The maximum Gasteiger partial charge on any atom is 0.218 e. The Morgan fingerprint density at radius 2 is 1.59 bits per heavy atom. The molecule has 1 saturated heterocycles. The lowest BCUT2D eigenvalue weighted by molar-refractivity contribution is 0.278. The normalized spacial score (nSPS) is 16.6. The monoisotopic (exact) mass is 387 g/mol. The van der Waals surface area contributed by atoms with Crippen LogP contribution < -0.4 is 0 Å². The van der Waals surface area contributed by atoms with Gasteiger partial charge in [-0.15, -0.1) is 0 Å². The molecule has 0 saturated carbocycles. The summed E-state index contributed by atoms with van der Waals surface area (Å²) < 4.78 is 40.0. The maximum atomic E-state index is 13.0. The summed E-state index contributed by atoms with van der Waals surface area (Å²) in [6, 6.07) is 15.2. The fourth-order valence-corrected chi connectivity index (χ4v) is 4.77. The zero-order valence-corrected chi connectivity index (χ0v) is 15.8. The number of hydrogen-bond donors (Lipinski definition) is 0. The van der Waals surface area contributed by atoms with Crippen molar-refractivity contribution in [2.45, 2.75) is 18.7 Å². The Hall–Kier alpha value is -2.27. The molecule has 0 aliphatic carbocycles. The Labute approximate surface area is 159 Å². The van der Waals surface area contributed by atoms with Crippen molar-refractivity contribution in [3.63, 3.8) is 0 Å². The van der Waals surface area contributed by atoms with Crippen molar-refractivity contribution in [2.24, 2.45) is 0 Å². The van der Waals surface area contributed by atoms with Gasteiger partial charge >= 0.3 is 0 Å². The van der Waals surface area contributed by atoms with Crippen molar-refractivity contribution in [1.29, 1.82) is 5.26 Å². The highest BCUT2D eigenvalue weighted by Gasteiger charge is 2.25. The molecule has 1 aliphatic rings. The van der Waals surface area contributed by atoms with Crippen LogP contribution >= 0.6 is 0 Å². The van der Waals surface area contributed by atoms with Crippen molar-refractivity contribution in [2.75, 3.05) is 26.2 Å². The first kappa shape index (κ1) is 19.5. The van der Waals surface area contributed by atoms with Gasteiger partial charge in [0.1, 0.15) is 5.82 Å². The topological polar surface area (TPSA) is 64.4 Å². The van der Waals surface area contributed by atoms with Gasteiger partial charge in [0.05, 0.1) is 17.4 Å². The van der Waals surface area contributed by atoms with E-state index in [0.29, 0.717) is 30.8 Å². The third-order valence-electron chi connectivity index (χ3n) is 4.69. The SMILES string of the molecule is N#Cc1ccc(CN2CCCN(S(=O)(=O)Cc3ccc(F)cc3)CC2)cc1. The molecule has 0 N–H and O–H groups in total. The van der Waals surface area contributed by atoms with Crippen LogP contribution in [0.1, 0.15) is 23.1 Å². The molecule has 0 unspecified atom stereocenters. The van der Waals surface area contributed by atoms with E-state index in [-0.39, 0.29) is 11.6 Å². The molecule has 7 heteroatoms. The number of nitrogens with zero attached hydrogens (tertiary/aromatic N) is 3. The van der Waals surface area contributed by atoms with Crippen LogP contribution in [0.2, 0.25) is 0 Å². The van der Waals surface area contributed by atoms with Crippen LogP contribution in [0.15, 0.2) is 48.5 Å². The fourth-order valence-electron chi connectivity index (χ4n) is 3.21. The van der Waals surface area contributed by atoms with Crippen molar-refractivity contribution in [3.8, 4) is 6.07 Å². The second kappa shape index (κ2) is 8.61. The molecule has 3 rings (SSSR count). The van der Waals surface area contributed by atoms with E-state index in [0.717, 1.165) is 25.1 Å². The number of nitriles is 1. The summed E-state index contributed by atoms with van der Waals surface area (Å²) in [5, 5.41) is 8.87. The van der Waals surface area contributed by atoms with Crippen LogP contribution in [0.4, 0.5) is 4.39 Å². The van der Waals surface area contributed by atoms with Crippen LogP contribution in [-0.2, 0) is 22.3 Å². The highest BCUT2D eigenvalue weighted by molar-refractivity contribution is 7.88. The summed E-state index contributed by atoms with van der Waals surface area (Å²) in [5.74, 6) is -0.479. The number of rotatable bonds is 5. The molecule has 0 amide bonds. The van der Waals surface area contributed by atoms with Gasteiger partial charge in [-0.1, -0.05) is 24.3 Å². The smallest absolute Gasteiger partial charge is 0.218 e. The summed E-state index contributed by atoms with van der Waals surface area (Å²) in [6.45, 7) is 3.15. The Bertz CT molecular complexity index is 906. The second-order valence-corrected chi connectivity index (χ2v) is 8.69. The average molecular weight is 387 g/mol. The van der Waals surface area contributed by atoms with Crippen LogP contribution in [0, 0.1) is 17.1 Å². The van der Waals surface area contributed by atoms with Crippen molar-refractivity contribution < 1.29 is 12.8 Å². The molecule has 1 aliphatic heterocycles. The van der Waals surface area contributed by atoms with Gasteiger partial charge in [-0.3, -0.25) is 4.90 Å². The predicted octanol–water partition coefficient (Wildman–Crippen LogP) is 2.74. The minimum absolute atomic E-state index is 0.108. The molecule has 2 aromatic rings. The number of halogens is 1. The van der Waals surface area contributed by atoms with E-state index in [1.165, 1.54) is 28.6 Å². The largest absolute Gasteiger partial charge is 0.298 e. The van der Waals surface area contributed by atoms with Gasteiger partial charge in [0.15, 0.2) is 0 Å². The minimum atomic E-state index is -3.43. The standard InChI is InChI=1S/C20H22FN3O2S/c21-20-8-6-19(7-9-20)16-27(25,26)24-11-1-10-23(12-13-24)15-18-4-2-17(14-22)3-5-18/h2-9H,1,10-13,15-16H2. The molecular weight excluding hydrogens is 365 g/mol. The zero-order chi connectivity index (χ0) is 19.3. The predicted molar refractivity (Wildman–Crippen MR) is 102 cm³/mol. The number of benzene rings is 2. The maximum absolute atomic E-state index is 13.0. The number of sulfonamides is 1. The van der Waals surface area contributed by atoms with E-state index >= 15 is 0 Å². The molecule has 5 nitrogen and oxygen atoms in total. The summed E-state index contributed by atoms with van der Waals surface area (Å²) >= 11 is 0. The van der Waals surface area contributed by atoms with Crippen molar-refractivity contribution in [1.82, 2.24) is 9.21 Å². The summed E-state index contributed by atoms with van der Waals surface area (Å²) in [6.07, 6.45) is 0.763. The minimum Gasteiger partial charge on any atom is -0.298 e. The highest BCUT2D eigenvalue weighted by Crippen LogP contribution is 2.16. The van der Waals surface area contributed by atoms with E-state index in [2.05, 4.69) is 11.0 Å². The Kier molecular flexibility index (Phi) is 6.22. The lowest BCUT2D eigenvalue weighted by Crippen LogP contribution is -2.35. The molecule has 0 radical (unpaired) electrons. The molecule has 142 valence electrons. The molecule has 27 heavy (non-hydrogen) atoms. The van der Waals surface area contributed by atoms with Gasteiger partial charge in [0.25, 0.3) is 0 Å². The molecule has 0 spiro atoms. The first-order valence-electron chi connectivity index (χ1n) is 8.90. The van der Waals surface area contributed by atoms with Gasteiger partial charge in [-0.25, -0.2) is 17.1 Å². The first-order valence-corrected chi connectivity index (χ1v) is 10.5. The Morgan fingerprint density at radius 3 is 2.26 bits per heavy atom. The molecule has 0 aromatic heterocycles.